The van der Waals surface area contributed by atoms with Crippen LogP contribution in [0, 0.1) is 0 Å². The molecule has 1 N–H and O–H groups in total. The van der Waals surface area contributed by atoms with Gasteiger partial charge in [0.15, 0.2) is 6.33 Å². The van der Waals surface area contributed by atoms with E-state index in [2.05, 4.69) is 48.8 Å². The summed E-state index contributed by atoms with van der Waals surface area (Å²) >= 11 is 3.43. The van der Waals surface area contributed by atoms with Gasteiger partial charge in [-0.1, -0.05) is 28.1 Å². The molecule has 2 rings (SSSR count). The van der Waals surface area contributed by atoms with Crippen LogP contribution < -0.4 is 5.32 Å². The molecule has 0 bridgehead atoms. The molecule has 6 heteroatoms. The molecule has 1 atom stereocenters. The van der Waals surface area contributed by atoms with E-state index in [1.165, 1.54) is 11.9 Å². The molecule has 0 saturated carbocycles. The fourth-order valence-electron chi connectivity index (χ4n) is 1.70. The summed E-state index contributed by atoms with van der Waals surface area (Å²) in [5.74, 6) is 0. The first-order valence-electron chi connectivity index (χ1n) is 5.44. The highest BCUT2D eigenvalue weighted by Gasteiger charge is 2.14. The summed E-state index contributed by atoms with van der Waals surface area (Å²) in [6.07, 6.45) is 2.39. The van der Waals surface area contributed by atoms with Crippen LogP contribution in [0.2, 0.25) is 0 Å². The third-order valence-corrected chi connectivity index (χ3v) is 3.09. The van der Waals surface area contributed by atoms with Crippen LogP contribution in [0.25, 0.3) is 0 Å². The molecule has 0 amide bonds. The van der Waals surface area contributed by atoms with E-state index in [0.29, 0.717) is 0 Å². The fraction of sp³-hybridized carbons (Fsp3) is 0.364. The molecule has 17 heavy (non-hydrogen) atoms. The van der Waals surface area contributed by atoms with Gasteiger partial charge in [-0.25, -0.2) is 0 Å². The van der Waals surface area contributed by atoms with Crippen LogP contribution in [0.3, 0.4) is 0 Å². The Morgan fingerprint density at radius 1 is 1.35 bits per heavy atom. The Morgan fingerprint density at radius 2 is 2.12 bits per heavy atom. The maximum absolute atomic E-state index is 4.12. The lowest BCUT2D eigenvalue weighted by Crippen LogP contribution is -2.19. The summed E-state index contributed by atoms with van der Waals surface area (Å²) in [6, 6.07) is 8.33. The zero-order valence-electron chi connectivity index (χ0n) is 9.55. The van der Waals surface area contributed by atoms with Gasteiger partial charge in [0.2, 0.25) is 0 Å². The number of rotatable bonds is 5. The van der Waals surface area contributed by atoms with E-state index < -0.39 is 0 Å². The van der Waals surface area contributed by atoms with Gasteiger partial charge in [-0.15, -0.1) is 10.2 Å². The zero-order chi connectivity index (χ0) is 12.1. The maximum Gasteiger partial charge on any atom is 0.162 e. The lowest BCUT2D eigenvalue weighted by Gasteiger charge is -2.15. The maximum atomic E-state index is 4.12. The van der Waals surface area contributed by atoms with Crippen molar-refractivity contribution < 1.29 is 0 Å². The Morgan fingerprint density at radius 3 is 2.71 bits per heavy atom. The van der Waals surface area contributed by atoms with Crippen LogP contribution in [0.4, 0.5) is 0 Å². The number of nitrogens with zero attached hydrogens (tertiary/aromatic N) is 4. The van der Waals surface area contributed by atoms with Crippen molar-refractivity contribution in [1.82, 2.24) is 25.5 Å². The first-order valence-corrected chi connectivity index (χ1v) is 6.23. The van der Waals surface area contributed by atoms with E-state index in [1.54, 1.807) is 4.80 Å². The van der Waals surface area contributed by atoms with Gasteiger partial charge in [0.25, 0.3) is 0 Å². The van der Waals surface area contributed by atoms with E-state index >= 15 is 0 Å². The summed E-state index contributed by atoms with van der Waals surface area (Å²) in [5, 5.41) is 15.0. The predicted molar refractivity (Wildman–Crippen MR) is 68.6 cm³/mol. The number of nitrogens with one attached hydrogen (secondary N) is 1. The SMILES string of the molecule is CNCCC(c1ccc(Br)cc1)n1ncnn1. The highest BCUT2D eigenvalue weighted by atomic mass is 79.9. The van der Waals surface area contributed by atoms with Gasteiger partial charge in [0.05, 0.1) is 6.04 Å². The summed E-state index contributed by atoms with van der Waals surface area (Å²) in [7, 11) is 1.94. The molecule has 1 unspecified atom stereocenters. The van der Waals surface area contributed by atoms with Crippen LogP contribution >= 0.6 is 15.9 Å². The smallest absolute Gasteiger partial charge is 0.162 e. The van der Waals surface area contributed by atoms with Gasteiger partial charge in [-0.05, 0) is 42.9 Å². The third kappa shape index (κ3) is 3.10. The monoisotopic (exact) mass is 295 g/mol. The molecule has 5 nitrogen and oxygen atoms in total. The van der Waals surface area contributed by atoms with Gasteiger partial charge < -0.3 is 5.32 Å². The minimum Gasteiger partial charge on any atom is -0.320 e. The average Bonchev–Trinajstić information content (AvgIpc) is 2.85. The minimum absolute atomic E-state index is 0.123. The molecule has 0 fully saturated rings. The molecule has 0 saturated heterocycles. The second-order valence-corrected chi connectivity index (χ2v) is 4.63. The molecule has 0 radical (unpaired) electrons. The Kier molecular flexibility index (Phi) is 4.22. The summed E-state index contributed by atoms with van der Waals surface area (Å²) in [4.78, 5) is 1.65. The standard InChI is InChI=1S/C11H14BrN5/c1-13-7-6-11(17-15-8-14-16-17)9-2-4-10(12)5-3-9/h2-5,8,11,13H,6-7H2,1H3. The van der Waals surface area contributed by atoms with Crippen molar-refractivity contribution >= 4 is 15.9 Å². The number of tetrazole rings is 1. The van der Waals surface area contributed by atoms with Crippen LogP contribution in [-0.4, -0.2) is 33.8 Å². The van der Waals surface area contributed by atoms with Gasteiger partial charge in [-0.3, -0.25) is 0 Å². The number of halogens is 1. The average molecular weight is 296 g/mol. The highest BCUT2D eigenvalue weighted by molar-refractivity contribution is 9.10. The van der Waals surface area contributed by atoms with Crippen molar-refractivity contribution in [1.29, 1.82) is 0 Å². The fourth-order valence-corrected chi connectivity index (χ4v) is 1.96. The van der Waals surface area contributed by atoms with Crippen molar-refractivity contribution in [3.8, 4) is 0 Å². The van der Waals surface area contributed by atoms with Crippen LogP contribution in [-0.2, 0) is 0 Å². The lowest BCUT2D eigenvalue weighted by molar-refractivity contribution is 0.422. The highest BCUT2D eigenvalue weighted by Crippen LogP contribution is 2.21. The van der Waals surface area contributed by atoms with Crippen molar-refractivity contribution in [3.05, 3.63) is 40.6 Å². The molecule has 1 aromatic carbocycles. The number of benzene rings is 1. The largest absolute Gasteiger partial charge is 0.320 e. The van der Waals surface area contributed by atoms with E-state index in [9.17, 15) is 0 Å². The Labute approximate surface area is 108 Å². The van der Waals surface area contributed by atoms with E-state index in [4.69, 9.17) is 0 Å². The van der Waals surface area contributed by atoms with Crippen molar-refractivity contribution in [2.75, 3.05) is 13.6 Å². The van der Waals surface area contributed by atoms with E-state index in [-0.39, 0.29) is 6.04 Å². The topological polar surface area (TPSA) is 55.6 Å². The summed E-state index contributed by atoms with van der Waals surface area (Å²) in [6.45, 7) is 0.905. The minimum atomic E-state index is 0.123. The molecule has 1 aromatic heterocycles. The van der Waals surface area contributed by atoms with Gasteiger partial charge in [0.1, 0.15) is 0 Å². The number of hydrogen-bond donors (Lipinski definition) is 1. The van der Waals surface area contributed by atoms with Crippen LogP contribution in [0.1, 0.15) is 18.0 Å². The lowest BCUT2D eigenvalue weighted by atomic mass is 10.0. The van der Waals surface area contributed by atoms with Crippen molar-refractivity contribution in [2.24, 2.45) is 0 Å². The first-order chi connectivity index (χ1) is 8.31. The molecular weight excluding hydrogens is 282 g/mol. The Balaban J connectivity index is 2.23. The van der Waals surface area contributed by atoms with Crippen molar-refractivity contribution in [2.45, 2.75) is 12.5 Å². The summed E-state index contributed by atoms with van der Waals surface area (Å²) < 4.78 is 1.07. The van der Waals surface area contributed by atoms with Gasteiger partial charge >= 0.3 is 0 Å². The number of hydrogen-bond acceptors (Lipinski definition) is 4. The zero-order valence-corrected chi connectivity index (χ0v) is 11.1. The molecule has 0 spiro atoms. The number of aromatic nitrogens is 4. The van der Waals surface area contributed by atoms with E-state index in [0.717, 1.165) is 17.4 Å². The van der Waals surface area contributed by atoms with E-state index in [1.807, 2.05) is 19.2 Å². The molecule has 2 aromatic rings. The van der Waals surface area contributed by atoms with Gasteiger partial charge in [0, 0.05) is 4.47 Å². The molecule has 1 heterocycles. The Hall–Kier alpha value is -1.27. The second-order valence-electron chi connectivity index (χ2n) is 3.72. The van der Waals surface area contributed by atoms with Gasteiger partial charge in [-0.2, -0.15) is 4.80 Å². The summed E-state index contributed by atoms with van der Waals surface area (Å²) in [5.41, 5.74) is 1.18. The molecular formula is C11H14BrN5. The predicted octanol–water partition coefficient (Wildman–Crippen LogP) is 1.63. The van der Waals surface area contributed by atoms with Crippen LogP contribution in [0.15, 0.2) is 35.1 Å². The van der Waals surface area contributed by atoms with Crippen LogP contribution in [0.5, 0.6) is 0 Å². The molecule has 90 valence electrons. The normalized spacial score (nSPS) is 12.6. The molecule has 0 aliphatic carbocycles. The third-order valence-electron chi connectivity index (χ3n) is 2.57. The Bertz CT molecular complexity index is 439. The molecule has 0 aliphatic heterocycles. The molecule has 0 aliphatic rings. The quantitative estimate of drug-likeness (QED) is 0.911. The first kappa shape index (κ1) is 12.2. The second kappa shape index (κ2) is 5.88. The van der Waals surface area contributed by atoms with Crippen molar-refractivity contribution in [3.63, 3.8) is 0 Å².